The summed E-state index contributed by atoms with van der Waals surface area (Å²) in [5, 5.41) is 9.24. The van der Waals surface area contributed by atoms with Crippen LogP contribution in [0.2, 0.25) is 0 Å². The van der Waals surface area contributed by atoms with Crippen LogP contribution in [0.3, 0.4) is 0 Å². The highest BCUT2D eigenvalue weighted by atomic mass is 16.8. The zero-order valence-electron chi connectivity index (χ0n) is 18.1. The van der Waals surface area contributed by atoms with Gasteiger partial charge in [-0.2, -0.15) is 0 Å². The molecule has 0 aromatic carbocycles. The van der Waals surface area contributed by atoms with Crippen LogP contribution in [0.1, 0.15) is 124 Å². The van der Waals surface area contributed by atoms with E-state index in [1.165, 1.54) is 83.5 Å². The lowest BCUT2D eigenvalue weighted by Crippen LogP contribution is -2.31. The lowest BCUT2D eigenvalue weighted by Gasteiger charge is -2.16. The lowest BCUT2D eigenvalue weighted by atomic mass is 10.0. The molecule has 0 spiro atoms. The van der Waals surface area contributed by atoms with Gasteiger partial charge in [0.25, 0.3) is 0 Å². The average molecular weight is 385 g/mol. The zero-order chi connectivity index (χ0) is 20.0. The van der Waals surface area contributed by atoms with Gasteiger partial charge in [-0.05, 0) is 20.3 Å². The Hall–Kier alpha value is -0.610. The third-order valence-electron chi connectivity index (χ3n) is 5.52. The van der Waals surface area contributed by atoms with E-state index in [1.54, 1.807) is 13.8 Å². The van der Waals surface area contributed by atoms with E-state index in [0.717, 1.165) is 19.3 Å². The maximum absolute atomic E-state index is 11.3. The van der Waals surface area contributed by atoms with E-state index in [1.807, 2.05) is 0 Å². The number of rotatable bonds is 17. The summed E-state index contributed by atoms with van der Waals surface area (Å²) in [6.45, 7) is 5.85. The predicted octanol–water partition coefficient (Wildman–Crippen LogP) is 6.85. The topological polar surface area (TPSA) is 55.8 Å². The van der Waals surface area contributed by atoms with Gasteiger partial charge >= 0.3 is 5.97 Å². The van der Waals surface area contributed by atoms with Crippen molar-refractivity contribution in [2.45, 2.75) is 141 Å². The SMILES string of the molecule is CCCCCCCCCCCCCCCCC[C@H]1OC(C)(C)O[C@H]1C(=O)O. The molecule has 4 heteroatoms. The summed E-state index contributed by atoms with van der Waals surface area (Å²) in [5.41, 5.74) is 0. The second-order valence-electron chi connectivity index (χ2n) is 8.67. The van der Waals surface area contributed by atoms with Gasteiger partial charge in [0.15, 0.2) is 11.9 Å². The molecule has 2 atom stereocenters. The molecular weight excluding hydrogens is 340 g/mol. The molecule has 1 fully saturated rings. The highest BCUT2D eigenvalue weighted by Crippen LogP contribution is 2.31. The highest BCUT2D eigenvalue weighted by Gasteiger charge is 2.44. The summed E-state index contributed by atoms with van der Waals surface area (Å²) in [4.78, 5) is 11.3. The van der Waals surface area contributed by atoms with Crippen molar-refractivity contribution >= 4 is 5.97 Å². The Labute approximate surface area is 167 Å². The molecular formula is C23H44O4. The van der Waals surface area contributed by atoms with Crippen LogP contribution in [-0.4, -0.2) is 29.1 Å². The molecule has 160 valence electrons. The minimum atomic E-state index is -0.911. The highest BCUT2D eigenvalue weighted by molar-refractivity contribution is 5.73. The first kappa shape index (κ1) is 24.4. The normalized spacial score (nSPS) is 21.6. The standard InChI is InChI=1S/C23H44O4/c1-4-5-6-7-8-9-10-11-12-13-14-15-16-17-18-19-20-21(22(24)25)27-23(2,3)26-20/h20-21H,4-19H2,1-3H3,(H,24,25)/t20-,21-/m1/s1. The van der Waals surface area contributed by atoms with Crippen molar-refractivity contribution < 1.29 is 19.4 Å². The molecule has 1 N–H and O–H groups in total. The number of carboxylic acids is 1. The molecule has 0 saturated carbocycles. The maximum Gasteiger partial charge on any atom is 0.335 e. The fourth-order valence-corrected chi connectivity index (χ4v) is 3.97. The number of hydrogen-bond donors (Lipinski definition) is 1. The molecule has 0 aromatic heterocycles. The first-order valence-corrected chi connectivity index (χ1v) is 11.5. The van der Waals surface area contributed by atoms with Crippen LogP contribution in [0.25, 0.3) is 0 Å². The molecule has 0 radical (unpaired) electrons. The van der Waals surface area contributed by atoms with Gasteiger partial charge in [-0.25, -0.2) is 4.79 Å². The van der Waals surface area contributed by atoms with Gasteiger partial charge in [-0.1, -0.05) is 103 Å². The molecule has 1 heterocycles. The van der Waals surface area contributed by atoms with E-state index < -0.39 is 17.9 Å². The van der Waals surface area contributed by atoms with Gasteiger partial charge < -0.3 is 14.6 Å². The molecule has 1 rings (SSSR count). The number of carbonyl (C=O) groups is 1. The van der Waals surface area contributed by atoms with Gasteiger partial charge in [0.1, 0.15) is 0 Å². The molecule has 0 bridgehead atoms. The van der Waals surface area contributed by atoms with Crippen LogP contribution >= 0.6 is 0 Å². The van der Waals surface area contributed by atoms with Crippen LogP contribution in [0.5, 0.6) is 0 Å². The van der Waals surface area contributed by atoms with Crippen molar-refractivity contribution in [3.05, 3.63) is 0 Å². The summed E-state index contributed by atoms with van der Waals surface area (Å²) in [6.07, 6.45) is 19.7. The summed E-state index contributed by atoms with van der Waals surface area (Å²) < 4.78 is 11.2. The summed E-state index contributed by atoms with van der Waals surface area (Å²) in [6, 6.07) is 0. The zero-order valence-corrected chi connectivity index (χ0v) is 18.1. The second kappa shape index (κ2) is 14.4. The largest absolute Gasteiger partial charge is 0.479 e. The number of ether oxygens (including phenoxy) is 2. The molecule has 0 aliphatic carbocycles. The van der Waals surface area contributed by atoms with E-state index in [9.17, 15) is 9.90 Å². The van der Waals surface area contributed by atoms with Crippen molar-refractivity contribution in [3.8, 4) is 0 Å². The van der Waals surface area contributed by atoms with Crippen molar-refractivity contribution in [1.29, 1.82) is 0 Å². The smallest absolute Gasteiger partial charge is 0.335 e. The van der Waals surface area contributed by atoms with Crippen molar-refractivity contribution in [2.75, 3.05) is 0 Å². The Bertz CT molecular complexity index is 381. The Morgan fingerprint density at radius 2 is 1.15 bits per heavy atom. The quantitative estimate of drug-likeness (QED) is 0.278. The van der Waals surface area contributed by atoms with Crippen LogP contribution in [0.4, 0.5) is 0 Å². The maximum atomic E-state index is 11.3. The number of aliphatic carboxylic acids is 1. The fourth-order valence-electron chi connectivity index (χ4n) is 3.97. The minimum Gasteiger partial charge on any atom is -0.479 e. The second-order valence-corrected chi connectivity index (χ2v) is 8.67. The fraction of sp³-hybridized carbons (Fsp3) is 0.957. The Morgan fingerprint density at radius 1 is 0.741 bits per heavy atom. The molecule has 0 aromatic rings. The Morgan fingerprint density at radius 3 is 1.56 bits per heavy atom. The van der Waals surface area contributed by atoms with Crippen LogP contribution in [0, 0.1) is 0 Å². The number of unbranched alkanes of at least 4 members (excludes halogenated alkanes) is 14. The molecule has 4 nitrogen and oxygen atoms in total. The molecule has 1 saturated heterocycles. The van der Waals surface area contributed by atoms with Crippen molar-refractivity contribution in [1.82, 2.24) is 0 Å². The van der Waals surface area contributed by atoms with Crippen molar-refractivity contribution in [2.24, 2.45) is 0 Å². The monoisotopic (exact) mass is 384 g/mol. The molecule has 0 amide bonds. The summed E-state index contributed by atoms with van der Waals surface area (Å²) in [7, 11) is 0. The number of carboxylic acid groups (broad SMARTS) is 1. The van der Waals surface area contributed by atoms with Crippen LogP contribution in [0.15, 0.2) is 0 Å². The van der Waals surface area contributed by atoms with Crippen LogP contribution < -0.4 is 0 Å². The van der Waals surface area contributed by atoms with Gasteiger partial charge in [0.05, 0.1) is 6.10 Å². The first-order valence-electron chi connectivity index (χ1n) is 11.5. The van der Waals surface area contributed by atoms with Gasteiger partial charge in [0, 0.05) is 0 Å². The van der Waals surface area contributed by atoms with E-state index in [0.29, 0.717) is 0 Å². The predicted molar refractivity (Wildman–Crippen MR) is 111 cm³/mol. The van der Waals surface area contributed by atoms with E-state index >= 15 is 0 Å². The van der Waals surface area contributed by atoms with Gasteiger partial charge in [0.2, 0.25) is 0 Å². The van der Waals surface area contributed by atoms with Crippen LogP contribution in [-0.2, 0) is 14.3 Å². The van der Waals surface area contributed by atoms with Gasteiger partial charge in [-0.15, -0.1) is 0 Å². The Balaban J connectivity index is 1.87. The third-order valence-corrected chi connectivity index (χ3v) is 5.52. The van der Waals surface area contributed by atoms with E-state index in [-0.39, 0.29) is 6.10 Å². The lowest BCUT2D eigenvalue weighted by molar-refractivity contribution is -0.165. The summed E-state index contributed by atoms with van der Waals surface area (Å²) >= 11 is 0. The minimum absolute atomic E-state index is 0.306. The Kier molecular flexibility index (Phi) is 13.0. The average Bonchev–Trinajstić information content (AvgIpc) is 2.93. The van der Waals surface area contributed by atoms with Crippen molar-refractivity contribution in [3.63, 3.8) is 0 Å². The van der Waals surface area contributed by atoms with E-state index in [4.69, 9.17) is 9.47 Å². The summed E-state index contributed by atoms with van der Waals surface area (Å²) in [5.74, 6) is -1.69. The molecule has 27 heavy (non-hydrogen) atoms. The third kappa shape index (κ3) is 11.7. The first-order chi connectivity index (χ1) is 13.0. The molecule has 0 unspecified atom stereocenters. The van der Waals surface area contributed by atoms with E-state index in [2.05, 4.69) is 6.92 Å². The van der Waals surface area contributed by atoms with Gasteiger partial charge in [-0.3, -0.25) is 0 Å². The molecule has 1 aliphatic heterocycles. The number of hydrogen-bond acceptors (Lipinski definition) is 3. The molecule has 1 aliphatic rings.